The number of aromatic nitrogens is 1. The van der Waals surface area contributed by atoms with E-state index < -0.39 is 6.09 Å². The van der Waals surface area contributed by atoms with Crippen LogP contribution < -0.4 is 14.8 Å². The summed E-state index contributed by atoms with van der Waals surface area (Å²) in [7, 11) is 0. The normalized spacial score (nSPS) is 14.8. The summed E-state index contributed by atoms with van der Waals surface area (Å²) >= 11 is 12.3. The monoisotopic (exact) mass is 569 g/mol. The maximum atomic E-state index is 13.4. The molecule has 3 aromatic carbocycles. The lowest BCUT2D eigenvalue weighted by Crippen LogP contribution is -2.42. The van der Waals surface area contributed by atoms with E-state index in [1.54, 1.807) is 29.2 Å². The number of unbranched alkanes of at least 4 members (excludes halogenated alkanes) is 1. The van der Waals surface area contributed by atoms with Crippen LogP contribution in [-0.4, -0.2) is 53.9 Å². The van der Waals surface area contributed by atoms with Crippen LogP contribution in [-0.2, 0) is 6.42 Å². The third-order valence-electron chi connectivity index (χ3n) is 6.84. The maximum Gasteiger partial charge on any atom is 0.416 e. The molecule has 1 unspecified atom stereocenters. The summed E-state index contributed by atoms with van der Waals surface area (Å²) in [6, 6.07) is 20.1. The Labute approximate surface area is 239 Å². The van der Waals surface area contributed by atoms with Crippen molar-refractivity contribution in [2.75, 3.05) is 32.8 Å². The minimum Gasteiger partial charge on any atom is -0.494 e. The van der Waals surface area contributed by atoms with Gasteiger partial charge in [0.15, 0.2) is 0 Å². The van der Waals surface area contributed by atoms with E-state index in [-0.39, 0.29) is 14.1 Å². The predicted molar refractivity (Wildman–Crippen MR) is 156 cm³/mol. The van der Waals surface area contributed by atoms with Crippen molar-refractivity contribution in [3.63, 3.8) is 0 Å². The van der Waals surface area contributed by atoms with Crippen LogP contribution in [0.2, 0.25) is 10.0 Å². The van der Waals surface area contributed by atoms with Gasteiger partial charge in [-0.2, -0.15) is 0 Å². The minimum absolute atomic E-state index is 0. The molecule has 1 aliphatic heterocycles. The second-order valence-electron chi connectivity index (χ2n) is 9.47. The van der Waals surface area contributed by atoms with Gasteiger partial charge in [-0.15, -0.1) is 0 Å². The summed E-state index contributed by atoms with van der Waals surface area (Å²) < 4.78 is 11.7. The van der Waals surface area contributed by atoms with Crippen molar-refractivity contribution in [3.8, 4) is 11.5 Å². The van der Waals surface area contributed by atoms with E-state index in [9.17, 15) is 4.79 Å². The minimum atomic E-state index is -0.431. The van der Waals surface area contributed by atoms with Gasteiger partial charge < -0.3 is 24.9 Å². The van der Waals surface area contributed by atoms with Gasteiger partial charge >= 0.3 is 6.09 Å². The summed E-state index contributed by atoms with van der Waals surface area (Å²) in [6.45, 7) is 2.71. The first-order valence-corrected chi connectivity index (χ1v) is 13.9. The lowest BCUT2D eigenvalue weighted by molar-refractivity contribution is 0.135. The number of fused-ring (bicyclic) bond motifs is 3. The highest BCUT2D eigenvalue weighted by Gasteiger charge is 2.35. The van der Waals surface area contributed by atoms with E-state index in [0.29, 0.717) is 41.9 Å². The number of hydrogen-bond acceptors (Lipinski definition) is 5. The summed E-state index contributed by atoms with van der Waals surface area (Å²) in [4.78, 5) is 18.7. The number of nitrogens with one attached hydrogen (secondary N) is 2. The van der Waals surface area contributed by atoms with E-state index in [2.05, 4.69) is 10.3 Å². The zero-order chi connectivity index (χ0) is 27.2. The molecule has 7 nitrogen and oxygen atoms in total. The number of benzene rings is 3. The number of hydrogen-bond donors (Lipinski definition) is 3. The zero-order valence-corrected chi connectivity index (χ0v) is 23.0. The Morgan fingerprint density at radius 1 is 1.00 bits per heavy atom. The maximum absolute atomic E-state index is 13.4. The molecule has 1 aliphatic rings. The molecular weight excluding hydrogens is 537 g/mol. The molecule has 39 heavy (non-hydrogen) atoms. The van der Waals surface area contributed by atoms with E-state index in [1.165, 1.54) is 0 Å². The summed E-state index contributed by atoms with van der Waals surface area (Å²) in [5.74, 6) is 1.21. The Bertz CT molecular complexity index is 1410. The van der Waals surface area contributed by atoms with Gasteiger partial charge in [-0.25, -0.2) is 4.79 Å². The van der Waals surface area contributed by atoms with Crippen molar-refractivity contribution < 1.29 is 20.8 Å². The molecule has 9 heteroatoms. The Morgan fingerprint density at radius 3 is 2.51 bits per heavy atom. The molecule has 0 radical (unpaired) electrons. The van der Waals surface area contributed by atoms with E-state index in [0.717, 1.165) is 52.9 Å². The molecule has 0 fully saturated rings. The van der Waals surface area contributed by atoms with Crippen LogP contribution in [0, 0.1) is 0 Å². The van der Waals surface area contributed by atoms with Crippen molar-refractivity contribution in [3.05, 3.63) is 93.6 Å². The van der Waals surface area contributed by atoms with Crippen LogP contribution in [0.15, 0.2) is 66.7 Å². The number of carbonyl (C=O) groups excluding carboxylic acids is 1. The second-order valence-corrected chi connectivity index (χ2v) is 10.3. The van der Waals surface area contributed by atoms with Gasteiger partial charge in [0.1, 0.15) is 17.5 Å². The first-order valence-electron chi connectivity index (χ1n) is 13.1. The highest BCUT2D eigenvalue weighted by molar-refractivity contribution is 6.31. The molecule has 0 saturated carbocycles. The van der Waals surface area contributed by atoms with Gasteiger partial charge in [0, 0.05) is 41.2 Å². The number of aliphatic hydroxyl groups excluding tert-OH is 1. The number of ether oxygens (including phenoxy) is 2. The average molecular weight is 571 g/mol. The lowest BCUT2D eigenvalue weighted by Gasteiger charge is -2.35. The van der Waals surface area contributed by atoms with Gasteiger partial charge in [-0.1, -0.05) is 35.3 Å². The quantitative estimate of drug-likeness (QED) is 0.187. The van der Waals surface area contributed by atoms with Gasteiger partial charge in [0.05, 0.1) is 13.2 Å². The van der Waals surface area contributed by atoms with Gasteiger partial charge in [-0.05, 0) is 91.5 Å². The Hall–Kier alpha value is -3.23. The molecule has 0 saturated heterocycles. The molecule has 1 amide bonds. The molecular formula is C30H33Cl2N3O4. The van der Waals surface area contributed by atoms with Crippen LogP contribution in [0.5, 0.6) is 11.5 Å². The van der Waals surface area contributed by atoms with E-state index >= 15 is 0 Å². The summed E-state index contributed by atoms with van der Waals surface area (Å²) in [6.07, 6.45) is 2.13. The van der Waals surface area contributed by atoms with E-state index in [4.69, 9.17) is 37.8 Å². The molecule has 206 valence electrons. The number of nitrogens with zero attached hydrogens (tertiary/aromatic N) is 1. The molecule has 0 bridgehead atoms. The topological polar surface area (TPSA) is 86.8 Å². The number of aromatic amines is 1. The van der Waals surface area contributed by atoms with Gasteiger partial charge in [0.25, 0.3) is 0 Å². The smallest absolute Gasteiger partial charge is 0.416 e. The third-order valence-corrected chi connectivity index (χ3v) is 7.33. The third kappa shape index (κ3) is 6.50. The van der Waals surface area contributed by atoms with Gasteiger partial charge in [0.2, 0.25) is 0 Å². The highest BCUT2D eigenvalue weighted by atomic mass is 35.5. The standard InChI is InChI=1S/C30H31Cl2N3O4.H2/c31-21-5-10-24(11-6-21)39-30(37)35-16-13-25-26-19-22(32)7-12-27(26)34-28(25)29(35)20-3-8-23(9-4-20)38-18-2-1-14-33-15-17-36;/h3-12,19,29,33-34,36H,1-2,13-18H2;1H. The second kappa shape index (κ2) is 12.7. The van der Waals surface area contributed by atoms with Crippen molar-refractivity contribution in [2.24, 2.45) is 0 Å². The van der Waals surface area contributed by atoms with Crippen molar-refractivity contribution >= 4 is 40.2 Å². The Morgan fingerprint density at radius 2 is 1.74 bits per heavy atom. The number of aliphatic hydroxyl groups is 1. The average Bonchev–Trinajstić information content (AvgIpc) is 3.31. The number of halogens is 2. The summed E-state index contributed by atoms with van der Waals surface area (Å²) in [5, 5.41) is 14.3. The number of H-pyrrole nitrogens is 1. The zero-order valence-electron chi connectivity index (χ0n) is 21.5. The fourth-order valence-electron chi connectivity index (χ4n) is 4.96. The molecule has 4 aromatic rings. The SMILES string of the molecule is O=C(Oc1ccc(Cl)cc1)N1CCc2c([nH]c3ccc(Cl)cc23)C1c1ccc(OCCCCNCCO)cc1.[HH]. The van der Waals surface area contributed by atoms with Crippen molar-refractivity contribution in [1.29, 1.82) is 0 Å². The number of amides is 1. The Balaban J connectivity index is 0.00000370. The highest BCUT2D eigenvalue weighted by Crippen LogP contribution is 2.40. The van der Waals surface area contributed by atoms with Crippen molar-refractivity contribution in [1.82, 2.24) is 15.2 Å². The lowest BCUT2D eigenvalue weighted by atomic mass is 9.92. The molecule has 5 rings (SSSR count). The molecule has 0 spiro atoms. The van der Waals surface area contributed by atoms with Crippen LogP contribution >= 0.6 is 23.2 Å². The number of rotatable bonds is 10. The van der Waals surface area contributed by atoms with Crippen LogP contribution in [0.3, 0.4) is 0 Å². The molecule has 0 aliphatic carbocycles. The molecule has 1 aromatic heterocycles. The van der Waals surface area contributed by atoms with Gasteiger partial charge in [-0.3, -0.25) is 4.90 Å². The molecule has 3 N–H and O–H groups in total. The van der Waals surface area contributed by atoms with E-state index in [1.807, 2.05) is 42.5 Å². The molecule has 2 heterocycles. The fourth-order valence-corrected chi connectivity index (χ4v) is 5.26. The van der Waals surface area contributed by atoms with Crippen LogP contribution in [0.25, 0.3) is 10.9 Å². The Kier molecular flexibility index (Phi) is 8.94. The number of carbonyl (C=O) groups is 1. The fraction of sp³-hybridized carbons (Fsp3) is 0.300. The predicted octanol–water partition coefficient (Wildman–Crippen LogP) is 6.61. The van der Waals surface area contributed by atoms with Crippen LogP contribution in [0.4, 0.5) is 4.79 Å². The van der Waals surface area contributed by atoms with Crippen molar-refractivity contribution in [2.45, 2.75) is 25.3 Å². The first-order chi connectivity index (χ1) is 19.0. The molecule has 1 atom stereocenters. The summed E-state index contributed by atoms with van der Waals surface area (Å²) in [5.41, 5.74) is 4.04. The first kappa shape index (κ1) is 27.3. The van der Waals surface area contributed by atoms with Crippen LogP contribution in [0.1, 0.15) is 37.1 Å². The largest absolute Gasteiger partial charge is 0.494 e.